The van der Waals surface area contributed by atoms with E-state index in [0.717, 1.165) is 5.56 Å². The zero-order chi connectivity index (χ0) is 12.4. The maximum absolute atomic E-state index is 12.0. The summed E-state index contributed by atoms with van der Waals surface area (Å²) in [6, 6.07) is 9.08. The van der Waals surface area contributed by atoms with Crippen molar-refractivity contribution in [1.29, 1.82) is 0 Å². The largest absolute Gasteiger partial charge is 0.426 e. The van der Waals surface area contributed by atoms with Crippen LogP contribution >= 0.6 is 11.6 Å². The average Bonchev–Trinajstić information content (AvgIpc) is 2.54. The van der Waals surface area contributed by atoms with Crippen molar-refractivity contribution in [2.75, 3.05) is 0 Å². The molecule has 1 aromatic carbocycles. The zero-order valence-corrected chi connectivity index (χ0v) is 10.2. The third-order valence-corrected chi connectivity index (χ3v) is 4.19. The first-order chi connectivity index (χ1) is 8.09. The minimum absolute atomic E-state index is 0.0551. The van der Waals surface area contributed by atoms with Crippen LogP contribution in [0.5, 0.6) is 0 Å². The number of halogens is 1. The van der Waals surface area contributed by atoms with E-state index >= 15 is 0 Å². The average molecular weight is 273 g/mol. The molecule has 0 fully saturated rings. The number of carbonyl (C=O) groups is 1. The minimum atomic E-state index is -1.58. The SMILES string of the molecule is O=C1O[C@H](O)C([S@](=O)Cc2ccccc2)=C1Cl. The second kappa shape index (κ2) is 5.00. The highest BCUT2D eigenvalue weighted by molar-refractivity contribution is 7.88. The highest BCUT2D eigenvalue weighted by atomic mass is 35.5. The number of carbonyl (C=O) groups excluding carboxylic acids is 1. The van der Waals surface area contributed by atoms with Gasteiger partial charge in [0.25, 0.3) is 0 Å². The summed E-state index contributed by atoms with van der Waals surface area (Å²) in [7, 11) is -1.58. The number of benzene rings is 1. The number of ether oxygens (including phenoxy) is 1. The molecule has 0 spiro atoms. The van der Waals surface area contributed by atoms with Crippen molar-refractivity contribution in [3.8, 4) is 0 Å². The van der Waals surface area contributed by atoms with Crippen LogP contribution in [0.1, 0.15) is 5.56 Å². The quantitative estimate of drug-likeness (QED) is 0.842. The molecule has 2 atom stereocenters. The summed E-state index contributed by atoms with van der Waals surface area (Å²) >= 11 is 5.64. The Morgan fingerprint density at radius 1 is 1.35 bits per heavy atom. The highest BCUT2D eigenvalue weighted by Crippen LogP contribution is 2.28. The molecule has 1 heterocycles. The molecule has 0 saturated heterocycles. The van der Waals surface area contributed by atoms with Gasteiger partial charge in [-0.05, 0) is 5.56 Å². The smallest absolute Gasteiger partial charge is 0.353 e. The Morgan fingerprint density at radius 3 is 2.53 bits per heavy atom. The molecule has 6 heteroatoms. The van der Waals surface area contributed by atoms with Gasteiger partial charge in [0.05, 0.1) is 16.6 Å². The Labute approximate surface area is 105 Å². The lowest BCUT2D eigenvalue weighted by molar-refractivity contribution is -0.150. The molecule has 0 radical (unpaired) electrons. The van der Waals surface area contributed by atoms with Gasteiger partial charge in [-0.25, -0.2) is 4.79 Å². The fourth-order valence-corrected chi connectivity index (χ4v) is 3.03. The second-order valence-electron chi connectivity index (χ2n) is 3.41. The third kappa shape index (κ3) is 2.57. The Bertz CT molecular complexity index is 497. The topological polar surface area (TPSA) is 63.6 Å². The fraction of sp³-hybridized carbons (Fsp3) is 0.182. The molecule has 4 nitrogen and oxygen atoms in total. The van der Waals surface area contributed by atoms with Gasteiger partial charge in [0.1, 0.15) is 9.94 Å². The van der Waals surface area contributed by atoms with E-state index in [9.17, 15) is 14.1 Å². The number of cyclic esters (lactones) is 1. The number of esters is 1. The number of hydrogen-bond donors (Lipinski definition) is 1. The monoisotopic (exact) mass is 272 g/mol. The lowest BCUT2D eigenvalue weighted by Gasteiger charge is -2.06. The van der Waals surface area contributed by atoms with E-state index < -0.39 is 23.1 Å². The van der Waals surface area contributed by atoms with Crippen LogP contribution in [0, 0.1) is 0 Å². The molecule has 1 aliphatic heterocycles. The van der Waals surface area contributed by atoms with E-state index in [2.05, 4.69) is 4.74 Å². The van der Waals surface area contributed by atoms with Crippen LogP contribution in [0.2, 0.25) is 0 Å². The van der Waals surface area contributed by atoms with Crippen LogP contribution in [0.3, 0.4) is 0 Å². The molecular weight excluding hydrogens is 264 g/mol. The van der Waals surface area contributed by atoms with Crippen LogP contribution in [0.15, 0.2) is 40.3 Å². The number of rotatable bonds is 3. The Kier molecular flexibility index (Phi) is 3.61. The number of aliphatic hydroxyl groups excluding tert-OH is 1. The Hall–Kier alpha value is -1.17. The first-order valence-corrected chi connectivity index (χ1v) is 6.50. The first-order valence-electron chi connectivity index (χ1n) is 4.80. The van der Waals surface area contributed by atoms with E-state index in [1.165, 1.54) is 0 Å². The van der Waals surface area contributed by atoms with Crippen molar-refractivity contribution < 1.29 is 18.8 Å². The molecule has 0 aromatic heterocycles. The molecule has 1 aromatic rings. The summed E-state index contributed by atoms with van der Waals surface area (Å²) in [5.74, 6) is -0.657. The van der Waals surface area contributed by atoms with Gasteiger partial charge >= 0.3 is 5.97 Å². The zero-order valence-electron chi connectivity index (χ0n) is 8.63. The molecular formula is C11H9ClO4S. The highest BCUT2D eigenvalue weighted by Gasteiger charge is 2.35. The maximum Gasteiger partial charge on any atom is 0.353 e. The van der Waals surface area contributed by atoms with Crippen LogP contribution < -0.4 is 0 Å². The molecule has 0 aliphatic carbocycles. The van der Waals surface area contributed by atoms with Crippen molar-refractivity contribution in [2.24, 2.45) is 0 Å². The van der Waals surface area contributed by atoms with Crippen molar-refractivity contribution in [3.63, 3.8) is 0 Å². The summed E-state index contributed by atoms with van der Waals surface area (Å²) < 4.78 is 16.4. The first kappa shape index (κ1) is 12.3. The Morgan fingerprint density at radius 2 is 2.00 bits per heavy atom. The molecule has 90 valence electrons. The molecule has 0 unspecified atom stereocenters. The molecule has 2 rings (SSSR count). The lowest BCUT2D eigenvalue weighted by atomic mass is 10.2. The van der Waals surface area contributed by atoms with Gasteiger partial charge in [0.15, 0.2) is 0 Å². The van der Waals surface area contributed by atoms with Gasteiger partial charge in [0, 0.05) is 0 Å². The van der Waals surface area contributed by atoms with Gasteiger partial charge in [-0.3, -0.25) is 4.21 Å². The van der Waals surface area contributed by atoms with Crippen LogP contribution in [-0.4, -0.2) is 21.6 Å². The molecule has 1 aliphatic rings. The normalized spacial score (nSPS) is 21.5. The molecule has 0 bridgehead atoms. The lowest BCUT2D eigenvalue weighted by Crippen LogP contribution is -2.14. The molecule has 0 amide bonds. The summed E-state index contributed by atoms with van der Waals surface area (Å²) in [5.41, 5.74) is 0.828. The molecule has 17 heavy (non-hydrogen) atoms. The summed E-state index contributed by atoms with van der Waals surface area (Å²) in [4.78, 5) is 11.0. The van der Waals surface area contributed by atoms with E-state index in [1.54, 1.807) is 12.1 Å². The van der Waals surface area contributed by atoms with Gasteiger partial charge in [-0.15, -0.1) is 0 Å². The third-order valence-electron chi connectivity index (χ3n) is 2.22. The second-order valence-corrected chi connectivity index (χ2v) is 5.21. The van der Waals surface area contributed by atoms with Crippen LogP contribution in [-0.2, 0) is 26.1 Å². The van der Waals surface area contributed by atoms with E-state index in [1.807, 2.05) is 18.2 Å². The maximum atomic E-state index is 12.0. The van der Waals surface area contributed by atoms with Crippen molar-refractivity contribution in [2.45, 2.75) is 12.0 Å². The van der Waals surface area contributed by atoms with Gasteiger partial charge in [0.2, 0.25) is 6.29 Å². The van der Waals surface area contributed by atoms with Gasteiger partial charge < -0.3 is 9.84 Å². The molecule has 0 saturated carbocycles. The minimum Gasteiger partial charge on any atom is -0.426 e. The summed E-state index contributed by atoms with van der Waals surface area (Å²) in [6.07, 6.45) is -1.50. The Balaban J connectivity index is 2.19. The van der Waals surface area contributed by atoms with E-state index in [-0.39, 0.29) is 15.7 Å². The number of aliphatic hydroxyl groups is 1. The number of hydrogen-bond acceptors (Lipinski definition) is 4. The van der Waals surface area contributed by atoms with Crippen molar-refractivity contribution in [3.05, 3.63) is 45.8 Å². The summed E-state index contributed by atoms with van der Waals surface area (Å²) in [5, 5.41) is 9.11. The summed E-state index contributed by atoms with van der Waals surface area (Å²) in [6.45, 7) is 0. The van der Waals surface area contributed by atoms with Gasteiger partial charge in [-0.2, -0.15) is 0 Å². The van der Waals surface area contributed by atoms with Crippen molar-refractivity contribution in [1.82, 2.24) is 0 Å². The van der Waals surface area contributed by atoms with E-state index in [4.69, 9.17) is 11.6 Å². The van der Waals surface area contributed by atoms with Crippen LogP contribution in [0.25, 0.3) is 0 Å². The fourth-order valence-electron chi connectivity index (χ4n) is 1.43. The predicted molar refractivity (Wildman–Crippen MR) is 63.3 cm³/mol. The van der Waals surface area contributed by atoms with Crippen LogP contribution in [0.4, 0.5) is 0 Å². The van der Waals surface area contributed by atoms with E-state index in [0.29, 0.717) is 0 Å². The standard InChI is InChI=1S/C11H9ClO4S/c12-8-9(11(14)16-10(8)13)17(15)6-7-4-2-1-3-5-7/h1-5,11,14H,6H2/t11-,17+/m0/s1. The predicted octanol–water partition coefficient (Wildman–Crippen LogP) is 1.26. The van der Waals surface area contributed by atoms with Crippen molar-refractivity contribution >= 4 is 28.4 Å². The molecule has 1 N–H and O–H groups in total. The van der Waals surface area contributed by atoms with Gasteiger partial charge in [-0.1, -0.05) is 41.9 Å².